The number of carboxylic acid groups (broad SMARTS) is 1. The molecule has 0 radical (unpaired) electrons. The van der Waals surface area contributed by atoms with Crippen LogP contribution in [0.2, 0.25) is 10.0 Å². The third kappa shape index (κ3) is 6.06. The molecule has 114 valence electrons. The third-order valence-corrected chi connectivity index (χ3v) is 3.01. The van der Waals surface area contributed by atoms with Gasteiger partial charge < -0.3 is 15.2 Å². The van der Waals surface area contributed by atoms with Crippen molar-refractivity contribution in [1.29, 1.82) is 0 Å². The zero-order valence-corrected chi connectivity index (χ0v) is 12.9. The van der Waals surface area contributed by atoms with Gasteiger partial charge in [-0.1, -0.05) is 23.2 Å². The molecule has 1 aromatic rings. The van der Waals surface area contributed by atoms with Crippen LogP contribution < -0.4 is 10.1 Å². The lowest BCUT2D eigenvalue weighted by Crippen LogP contribution is -2.18. The van der Waals surface area contributed by atoms with Crippen LogP contribution in [0.25, 0.3) is 6.08 Å². The van der Waals surface area contributed by atoms with E-state index >= 15 is 0 Å². The average Bonchev–Trinajstić information content (AvgIpc) is 2.42. The van der Waals surface area contributed by atoms with Gasteiger partial charge in [-0.2, -0.15) is 0 Å². The Bertz CT molecular complexity index is 558. The zero-order chi connectivity index (χ0) is 15.8. The summed E-state index contributed by atoms with van der Waals surface area (Å²) in [5.74, 6) is -0.820. The normalized spacial score (nSPS) is 10.6. The van der Waals surface area contributed by atoms with Crippen LogP contribution in [0.1, 0.15) is 18.4 Å². The quantitative estimate of drug-likeness (QED) is 0.594. The van der Waals surface area contributed by atoms with E-state index in [1.807, 2.05) is 0 Å². The Balaban J connectivity index is 2.79. The predicted octanol–water partition coefficient (Wildman–Crippen LogP) is 3.00. The SMILES string of the molecule is CNC(=O)CCCOc1c(Cl)cc(Cl)cc1C=CC(=O)O. The molecule has 0 bridgehead atoms. The molecule has 0 atom stereocenters. The van der Waals surface area contributed by atoms with Gasteiger partial charge in [-0.25, -0.2) is 4.79 Å². The van der Waals surface area contributed by atoms with Gasteiger partial charge in [-0.3, -0.25) is 4.79 Å². The van der Waals surface area contributed by atoms with Crippen molar-refractivity contribution in [3.05, 3.63) is 33.8 Å². The molecular formula is C14H15Cl2NO4. The summed E-state index contributed by atoms with van der Waals surface area (Å²) in [7, 11) is 1.56. The Kier molecular flexibility index (Phi) is 7.05. The molecule has 7 heteroatoms. The molecule has 0 heterocycles. The number of carbonyl (C=O) groups excluding carboxylic acids is 1. The second kappa shape index (κ2) is 8.54. The predicted molar refractivity (Wildman–Crippen MR) is 81.9 cm³/mol. The van der Waals surface area contributed by atoms with Crippen molar-refractivity contribution in [3.8, 4) is 5.75 Å². The molecule has 0 saturated carbocycles. The Morgan fingerprint density at radius 1 is 1.38 bits per heavy atom. The Morgan fingerprint density at radius 3 is 2.71 bits per heavy atom. The minimum Gasteiger partial charge on any atom is -0.491 e. The maximum Gasteiger partial charge on any atom is 0.328 e. The molecule has 21 heavy (non-hydrogen) atoms. The molecule has 5 nitrogen and oxygen atoms in total. The minimum atomic E-state index is -1.09. The van der Waals surface area contributed by atoms with Gasteiger partial charge in [0.25, 0.3) is 0 Å². The summed E-state index contributed by atoms with van der Waals surface area (Å²) in [4.78, 5) is 21.7. The highest BCUT2D eigenvalue weighted by Crippen LogP contribution is 2.33. The lowest BCUT2D eigenvalue weighted by Gasteiger charge is -2.11. The summed E-state index contributed by atoms with van der Waals surface area (Å²) in [5, 5.41) is 11.8. The largest absolute Gasteiger partial charge is 0.491 e. The minimum absolute atomic E-state index is 0.0770. The number of halogens is 2. The highest BCUT2D eigenvalue weighted by Gasteiger charge is 2.09. The molecule has 0 saturated heterocycles. The van der Waals surface area contributed by atoms with E-state index in [4.69, 9.17) is 33.0 Å². The van der Waals surface area contributed by atoms with Gasteiger partial charge >= 0.3 is 5.97 Å². The monoisotopic (exact) mass is 331 g/mol. The second-order valence-corrected chi connectivity index (χ2v) is 4.95. The van der Waals surface area contributed by atoms with Crippen molar-refractivity contribution in [2.75, 3.05) is 13.7 Å². The zero-order valence-electron chi connectivity index (χ0n) is 11.4. The number of amides is 1. The molecular weight excluding hydrogens is 317 g/mol. The van der Waals surface area contributed by atoms with Crippen LogP contribution in [-0.2, 0) is 9.59 Å². The molecule has 0 aliphatic heterocycles. The number of carbonyl (C=O) groups is 2. The van der Waals surface area contributed by atoms with E-state index in [1.54, 1.807) is 13.1 Å². The lowest BCUT2D eigenvalue weighted by molar-refractivity contribution is -0.131. The molecule has 0 aliphatic carbocycles. The fourth-order valence-corrected chi connectivity index (χ4v) is 2.11. The number of benzene rings is 1. The molecule has 1 rings (SSSR count). The second-order valence-electron chi connectivity index (χ2n) is 4.10. The number of hydrogen-bond donors (Lipinski definition) is 2. The van der Waals surface area contributed by atoms with E-state index in [0.717, 1.165) is 6.08 Å². The van der Waals surface area contributed by atoms with Crippen LogP contribution in [0.4, 0.5) is 0 Å². The van der Waals surface area contributed by atoms with Crippen LogP contribution in [0.15, 0.2) is 18.2 Å². The summed E-state index contributed by atoms with van der Waals surface area (Å²) in [5.41, 5.74) is 0.467. The Morgan fingerprint density at radius 2 is 2.10 bits per heavy atom. The summed E-state index contributed by atoms with van der Waals surface area (Å²) in [6, 6.07) is 3.07. The van der Waals surface area contributed by atoms with E-state index in [0.29, 0.717) is 29.2 Å². The van der Waals surface area contributed by atoms with Gasteiger partial charge in [0.2, 0.25) is 5.91 Å². The number of ether oxygens (including phenoxy) is 1. The summed E-state index contributed by atoms with van der Waals surface area (Å²) in [6.45, 7) is 0.280. The first kappa shape index (κ1) is 17.3. The topological polar surface area (TPSA) is 75.6 Å². The van der Waals surface area contributed by atoms with Crippen LogP contribution >= 0.6 is 23.2 Å². The maximum atomic E-state index is 11.1. The summed E-state index contributed by atoms with van der Waals surface area (Å²) < 4.78 is 5.54. The van der Waals surface area contributed by atoms with Gasteiger partial charge in [-0.15, -0.1) is 0 Å². The molecule has 0 spiro atoms. The summed E-state index contributed by atoms with van der Waals surface area (Å²) in [6.07, 6.45) is 3.18. The Hall–Kier alpha value is -1.72. The molecule has 0 aromatic heterocycles. The van der Waals surface area contributed by atoms with Crippen LogP contribution in [0.3, 0.4) is 0 Å². The van der Waals surface area contributed by atoms with E-state index in [2.05, 4.69) is 5.32 Å². The highest BCUT2D eigenvalue weighted by molar-refractivity contribution is 6.35. The van der Waals surface area contributed by atoms with E-state index in [9.17, 15) is 9.59 Å². The first-order chi connectivity index (χ1) is 9.93. The van der Waals surface area contributed by atoms with Crippen LogP contribution in [-0.4, -0.2) is 30.6 Å². The third-order valence-electron chi connectivity index (χ3n) is 2.52. The number of carboxylic acids is 1. The van der Waals surface area contributed by atoms with Gasteiger partial charge in [0.15, 0.2) is 0 Å². The number of hydrogen-bond acceptors (Lipinski definition) is 3. The number of nitrogens with one attached hydrogen (secondary N) is 1. The fourth-order valence-electron chi connectivity index (χ4n) is 1.55. The van der Waals surface area contributed by atoms with Crippen LogP contribution in [0.5, 0.6) is 5.75 Å². The Labute approximate surface area is 132 Å². The first-order valence-corrected chi connectivity index (χ1v) is 6.93. The number of aliphatic carboxylic acids is 1. The van der Waals surface area contributed by atoms with Crippen molar-refractivity contribution in [1.82, 2.24) is 5.32 Å². The molecule has 0 unspecified atom stereocenters. The number of rotatable bonds is 7. The highest BCUT2D eigenvalue weighted by atomic mass is 35.5. The summed E-state index contributed by atoms with van der Waals surface area (Å²) >= 11 is 11.9. The molecule has 1 aromatic carbocycles. The maximum absolute atomic E-state index is 11.1. The van der Waals surface area contributed by atoms with Gasteiger partial charge in [0.05, 0.1) is 11.6 Å². The van der Waals surface area contributed by atoms with E-state index in [-0.39, 0.29) is 17.5 Å². The lowest BCUT2D eigenvalue weighted by atomic mass is 10.2. The molecule has 1 amide bonds. The smallest absolute Gasteiger partial charge is 0.328 e. The standard InChI is InChI=1S/C14H15Cl2NO4/c1-17-12(18)3-2-6-21-14-9(4-5-13(19)20)7-10(15)8-11(14)16/h4-5,7-8H,2-3,6H2,1H3,(H,17,18)(H,19,20). The van der Waals surface area contributed by atoms with Crippen LogP contribution in [0, 0.1) is 0 Å². The van der Waals surface area contributed by atoms with Crippen molar-refractivity contribution >= 4 is 41.2 Å². The molecule has 0 fully saturated rings. The van der Waals surface area contributed by atoms with E-state index < -0.39 is 5.97 Å². The molecule has 0 aliphatic rings. The van der Waals surface area contributed by atoms with Crippen molar-refractivity contribution in [2.45, 2.75) is 12.8 Å². The first-order valence-electron chi connectivity index (χ1n) is 6.17. The van der Waals surface area contributed by atoms with E-state index in [1.165, 1.54) is 12.1 Å². The van der Waals surface area contributed by atoms with Crippen molar-refractivity contribution < 1.29 is 19.4 Å². The van der Waals surface area contributed by atoms with Crippen molar-refractivity contribution in [2.24, 2.45) is 0 Å². The fraction of sp³-hybridized carbons (Fsp3) is 0.286. The van der Waals surface area contributed by atoms with Crippen molar-refractivity contribution in [3.63, 3.8) is 0 Å². The van der Waals surface area contributed by atoms with Gasteiger partial charge in [-0.05, 0) is 24.6 Å². The molecule has 2 N–H and O–H groups in total. The van der Waals surface area contributed by atoms with Gasteiger partial charge in [0, 0.05) is 30.1 Å². The van der Waals surface area contributed by atoms with Gasteiger partial charge in [0.1, 0.15) is 5.75 Å². The average molecular weight is 332 g/mol.